The molecule has 0 aliphatic heterocycles. The lowest BCUT2D eigenvalue weighted by Gasteiger charge is -2.16. The van der Waals surface area contributed by atoms with Crippen LogP contribution < -0.4 is 5.32 Å². The van der Waals surface area contributed by atoms with Crippen molar-refractivity contribution in [2.24, 2.45) is 0 Å². The molecule has 0 aliphatic rings. The summed E-state index contributed by atoms with van der Waals surface area (Å²) in [6, 6.07) is 3.14. The van der Waals surface area contributed by atoms with Crippen LogP contribution in [-0.2, 0) is 0 Å². The van der Waals surface area contributed by atoms with Gasteiger partial charge in [-0.1, -0.05) is 0 Å². The zero-order chi connectivity index (χ0) is 17.1. The summed E-state index contributed by atoms with van der Waals surface area (Å²) in [7, 11) is 0. The molecule has 124 valence electrons. The van der Waals surface area contributed by atoms with Crippen LogP contribution in [0.15, 0.2) is 22.8 Å². The quantitative estimate of drug-likeness (QED) is 0.714. The molecule has 2 rings (SSSR count). The Morgan fingerprint density at radius 1 is 1.39 bits per heavy atom. The number of aliphatic hydroxyl groups is 1. The molecule has 2 aromatic rings. The molecule has 0 saturated heterocycles. The largest absolute Gasteiger partial charge is 0.467 e. The fourth-order valence-electron chi connectivity index (χ4n) is 2.79. The molecule has 6 nitrogen and oxygen atoms in total. The van der Waals surface area contributed by atoms with Crippen molar-refractivity contribution in [2.45, 2.75) is 46.3 Å². The molecule has 0 fully saturated rings. The van der Waals surface area contributed by atoms with E-state index in [2.05, 4.69) is 10.3 Å². The van der Waals surface area contributed by atoms with Gasteiger partial charge in [0.15, 0.2) is 5.78 Å². The lowest BCUT2D eigenvalue weighted by atomic mass is 10.1. The molecule has 0 saturated carbocycles. The normalized spacial score (nSPS) is 13.6. The van der Waals surface area contributed by atoms with E-state index >= 15 is 0 Å². The van der Waals surface area contributed by atoms with E-state index in [0.717, 1.165) is 0 Å². The summed E-state index contributed by atoms with van der Waals surface area (Å²) in [5.74, 6) is 0.102. The number of carbonyl (C=O) groups excluding carboxylic acids is 2. The predicted octanol–water partition coefficient (Wildman–Crippen LogP) is 2.67. The molecular weight excluding hydrogens is 296 g/mol. The zero-order valence-electron chi connectivity index (χ0n) is 13.8. The number of rotatable bonds is 6. The minimum Gasteiger partial charge on any atom is -0.467 e. The minimum atomic E-state index is -0.778. The first kappa shape index (κ1) is 17.0. The van der Waals surface area contributed by atoms with Crippen LogP contribution in [-0.4, -0.2) is 27.8 Å². The third-order valence-corrected chi connectivity index (χ3v) is 3.84. The molecule has 0 unspecified atom stereocenters. The zero-order valence-corrected chi connectivity index (χ0v) is 13.8. The number of ketones is 1. The molecule has 0 aliphatic carbocycles. The number of nitrogens with one attached hydrogen (secondary N) is 2. The van der Waals surface area contributed by atoms with Crippen LogP contribution in [0.3, 0.4) is 0 Å². The maximum absolute atomic E-state index is 12.4. The summed E-state index contributed by atoms with van der Waals surface area (Å²) < 4.78 is 5.14. The van der Waals surface area contributed by atoms with Crippen molar-refractivity contribution in [2.75, 3.05) is 0 Å². The molecule has 2 aromatic heterocycles. The van der Waals surface area contributed by atoms with Gasteiger partial charge in [0.1, 0.15) is 17.6 Å². The molecule has 2 heterocycles. The van der Waals surface area contributed by atoms with Crippen LogP contribution in [0.25, 0.3) is 0 Å². The number of aliphatic hydroxyl groups excluding tert-OH is 1. The molecule has 23 heavy (non-hydrogen) atoms. The Kier molecular flexibility index (Phi) is 5.05. The fraction of sp³-hybridized carbons (Fsp3) is 0.412. The lowest BCUT2D eigenvalue weighted by molar-refractivity contribution is 0.0898. The van der Waals surface area contributed by atoms with Crippen LogP contribution >= 0.6 is 0 Å². The highest BCUT2D eigenvalue weighted by Gasteiger charge is 2.22. The topological polar surface area (TPSA) is 95.3 Å². The summed E-state index contributed by atoms with van der Waals surface area (Å²) in [6.45, 7) is 6.80. The van der Waals surface area contributed by atoms with Gasteiger partial charge in [-0.3, -0.25) is 9.59 Å². The number of aromatic nitrogens is 1. The van der Waals surface area contributed by atoms with E-state index < -0.39 is 6.10 Å². The van der Waals surface area contributed by atoms with Crippen molar-refractivity contribution in [3.8, 4) is 0 Å². The van der Waals surface area contributed by atoms with Crippen LogP contribution in [0.1, 0.15) is 64.2 Å². The van der Waals surface area contributed by atoms with Gasteiger partial charge in [-0.25, -0.2) is 0 Å². The Hall–Kier alpha value is -2.34. The van der Waals surface area contributed by atoms with Gasteiger partial charge in [0, 0.05) is 23.7 Å². The first-order chi connectivity index (χ1) is 10.8. The molecule has 0 bridgehead atoms. The molecule has 0 spiro atoms. The van der Waals surface area contributed by atoms with Crippen LogP contribution in [0.5, 0.6) is 0 Å². The molecule has 1 amide bonds. The van der Waals surface area contributed by atoms with E-state index in [4.69, 9.17) is 4.42 Å². The van der Waals surface area contributed by atoms with Gasteiger partial charge < -0.3 is 19.8 Å². The third kappa shape index (κ3) is 3.71. The highest BCUT2D eigenvalue weighted by Crippen LogP contribution is 2.20. The standard InChI is InChI=1S/C17H22N2O4/c1-9(8-13(21)14-6-5-7-23-14)18-17(22)16-10(2)15(12(4)20)11(3)19-16/h5-7,9,13,19,21H,8H2,1-4H3,(H,18,22)/t9-,13-/m1/s1. The van der Waals surface area contributed by atoms with Crippen LogP contribution in [0.4, 0.5) is 0 Å². The fourth-order valence-corrected chi connectivity index (χ4v) is 2.79. The van der Waals surface area contributed by atoms with E-state index in [9.17, 15) is 14.7 Å². The maximum Gasteiger partial charge on any atom is 0.268 e. The second kappa shape index (κ2) is 6.83. The number of hydrogen-bond acceptors (Lipinski definition) is 4. The summed E-state index contributed by atoms with van der Waals surface area (Å²) in [5.41, 5.74) is 2.26. The first-order valence-electron chi connectivity index (χ1n) is 7.53. The van der Waals surface area contributed by atoms with E-state index in [1.54, 1.807) is 32.9 Å². The summed E-state index contributed by atoms with van der Waals surface area (Å²) in [4.78, 5) is 27.0. The first-order valence-corrected chi connectivity index (χ1v) is 7.53. The molecular formula is C17H22N2O4. The average Bonchev–Trinajstić information content (AvgIpc) is 3.06. The van der Waals surface area contributed by atoms with E-state index in [1.807, 2.05) is 0 Å². The number of hydrogen-bond donors (Lipinski definition) is 3. The van der Waals surface area contributed by atoms with Gasteiger partial charge >= 0.3 is 0 Å². The molecule has 0 aromatic carbocycles. The van der Waals surface area contributed by atoms with Crippen molar-refractivity contribution in [1.29, 1.82) is 0 Å². The minimum absolute atomic E-state index is 0.0726. The Bertz CT molecular complexity index is 701. The second-order valence-electron chi connectivity index (χ2n) is 5.82. The number of carbonyl (C=O) groups is 2. The number of H-pyrrole nitrogens is 1. The second-order valence-corrected chi connectivity index (χ2v) is 5.82. The number of furan rings is 1. The summed E-state index contributed by atoms with van der Waals surface area (Å²) in [6.07, 6.45) is 1.05. The average molecular weight is 318 g/mol. The monoisotopic (exact) mass is 318 g/mol. The van der Waals surface area contributed by atoms with Gasteiger partial charge in [0.05, 0.1) is 6.26 Å². The van der Waals surface area contributed by atoms with E-state index in [-0.39, 0.29) is 17.7 Å². The van der Waals surface area contributed by atoms with Gasteiger partial charge in [0.2, 0.25) is 0 Å². The van der Waals surface area contributed by atoms with E-state index in [0.29, 0.717) is 34.7 Å². The lowest BCUT2D eigenvalue weighted by Crippen LogP contribution is -2.34. The molecule has 0 radical (unpaired) electrons. The number of Topliss-reactive ketones (excluding diaryl/α,β-unsaturated/α-hetero) is 1. The summed E-state index contributed by atoms with van der Waals surface area (Å²) >= 11 is 0. The molecule has 3 N–H and O–H groups in total. The Morgan fingerprint density at radius 2 is 2.09 bits per heavy atom. The number of aromatic amines is 1. The number of aryl methyl sites for hydroxylation is 1. The number of amides is 1. The van der Waals surface area contributed by atoms with Crippen molar-refractivity contribution in [3.63, 3.8) is 0 Å². The van der Waals surface area contributed by atoms with Crippen molar-refractivity contribution in [1.82, 2.24) is 10.3 Å². The highest BCUT2D eigenvalue weighted by atomic mass is 16.4. The van der Waals surface area contributed by atoms with Crippen molar-refractivity contribution in [3.05, 3.63) is 46.7 Å². The summed E-state index contributed by atoms with van der Waals surface area (Å²) in [5, 5.41) is 12.9. The van der Waals surface area contributed by atoms with Gasteiger partial charge in [-0.05, 0) is 45.4 Å². The van der Waals surface area contributed by atoms with Crippen molar-refractivity contribution < 1.29 is 19.1 Å². The SMILES string of the molecule is CC(=O)c1c(C)[nH]c(C(=O)N[C@H](C)C[C@@H](O)c2ccco2)c1C. The Morgan fingerprint density at radius 3 is 2.61 bits per heavy atom. The third-order valence-electron chi connectivity index (χ3n) is 3.84. The Labute approximate surface area is 134 Å². The smallest absolute Gasteiger partial charge is 0.268 e. The predicted molar refractivity (Wildman–Crippen MR) is 85.5 cm³/mol. The van der Waals surface area contributed by atoms with Crippen molar-refractivity contribution >= 4 is 11.7 Å². The molecule has 6 heteroatoms. The van der Waals surface area contributed by atoms with Crippen LogP contribution in [0, 0.1) is 13.8 Å². The van der Waals surface area contributed by atoms with E-state index in [1.165, 1.54) is 13.2 Å². The van der Waals surface area contributed by atoms with Gasteiger partial charge in [-0.15, -0.1) is 0 Å². The molecule has 2 atom stereocenters. The van der Waals surface area contributed by atoms with Crippen LogP contribution in [0.2, 0.25) is 0 Å². The maximum atomic E-state index is 12.4. The van der Waals surface area contributed by atoms with Gasteiger partial charge in [0.25, 0.3) is 5.91 Å². The highest BCUT2D eigenvalue weighted by molar-refractivity contribution is 6.02. The Balaban J connectivity index is 2.04. The van der Waals surface area contributed by atoms with Gasteiger partial charge in [-0.2, -0.15) is 0 Å².